The number of Topliss-reactive ketones (excluding diaryl/α,β-unsaturated/α-hetero) is 1. The van der Waals surface area contributed by atoms with Crippen molar-refractivity contribution in [3.8, 4) is 0 Å². The Labute approximate surface area is 135 Å². The van der Waals surface area contributed by atoms with E-state index in [1.165, 1.54) is 0 Å². The number of ether oxygens (including phenoxy) is 1. The van der Waals surface area contributed by atoms with Gasteiger partial charge >= 0.3 is 5.97 Å². The highest BCUT2D eigenvalue weighted by Gasteiger charge is 2.42. The van der Waals surface area contributed by atoms with Gasteiger partial charge in [-0.2, -0.15) is 0 Å². The lowest BCUT2D eigenvalue weighted by molar-refractivity contribution is -0.150. The minimum atomic E-state index is -0.799. The molecule has 0 spiro atoms. The average molecular weight is 306 g/mol. The third-order valence-corrected chi connectivity index (χ3v) is 4.06. The van der Waals surface area contributed by atoms with Crippen molar-refractivity contribution in [3.63, 3.8) is 0 Å². The van der Waals surface area contributed by atoms with Gasteiger partial charge in [-0.25, -0.2) is 0 Å². The summed E-state index contributed by atoms with van der Waals surface area (Å²) in [6.45, 7) is 2.02. The number of rotatable bonds is 4. The predicted octanol–water partition coefficient (Wildman–Crippen LogP) is 3.62. The Morgan fingerprint density at radius 1 is 1.00 bits per heavy atom. The van der Waals surface area contributed by atoms with Gasteiger partial charge in [0, 0.05) is 11.5 Å². The van der Waals surface area contributed by atoms with E-state index in [0.717, 1.165) is 11.1 Å². The van der Waals surface area contributed by atoms with Crippen LogP contribution in [0.3, 0.4) is 0 Å². The zero-order valence-corrected chi connectivity index (χ0v) is 12.9. The Kier molecular flexibility index (Phi) is 4.38. The van der Waals surface area contributed by atoms with Gasteiger partial charge in [-0.3, -0.25) is 9.59 Å². The number of hydrogen-bond donors (Lipinski definition) is 0. The van der Waals surface area contributed by atoms with Gasteiger partial charge in [-0.05, 0) is 18.1 Å². The second kappa shape index (κ2) is 6.61. The summed E-state index contributed by atoms with van der Waals surface area (Å²) in [7, 11) is 0. The molecule has 0 fully saturated rings. The number of allylic oxidation sites excluding steroid dienone is 2. The molecule has 1 aliphatic carbocycles. The number of hydrogen-bond acceptors (Lipinski definition) is 3. The maximum absolute atomic E-state index is 12.8. The lowest BCUT2D eigenvalue weighted by atomic mass is 9.88. The van der Waals surface area contributed by atoms with E-state index in [0.29, 0.717) is 5.57 Å². The summed E-state index contributed by atoms with van der Waals surface area (Å²) in [5.74, 6) is -1.69. The third kappa shape index (κ3) is 2.95. The van der Waals surface area contributed by atoms with Gasteiger partial charge in [-0.15, -0.1) is 0 Å². The van der Waals surface area contributed by atoms with Crippen LogP contribution < -0.4 is 0 Å². The van der Waals surface area contributed by atoms with Crippen molar-refractivity contribution in [2.45, 2.75) is 12.8 Å². The van der Waals surface area contributed by atoms with E-state index in [4.69, 9.17) is 4.74 Å². The van der Waals surface area contributed by atoms with Gasteiger partial charge in [0.05, 0.1) is 6.61 Å². The number of ketones is 1. The number of esters is 1. The summed E-state index contributed by atoms with van der Waals surface area (Å²) >= 11 is 0. The molecular formula is C20H18O3. The van der Waals surface area contributed by atoms with Crippen LogP contribution in [0.2, 0.25) is 0 Å². The van der Waals surface area contributed by atoms with E-state index < -0.39 is 11.9 Å². The molecule has 2 aromatic rings. The van der Waals surface area contributed by atoms with Crippen molar-refractivity contribution in [3.05, 3.63) is 77.9 Å². The van der Waals surface area contributed by atoms with Crippen LogP contribution in [0.25, 0.3) is 5.57 Å². The van der Waals surface area contributed by atoms with E-state index in [9.17, 15) is 9.59 Å². The largest absolute Gasteiger partial charge is 0.465 e. The minimum absolute atomic E-state index is 0.163. The Bertz CT molecular complexity index is 732. The molecule has 0 heterocycles. The smallest absolute Gasteiger partial charge is 0.317 e. The molecule has 0 bridgehead atoms. The molecule has 0 aliphatic heterocycles. The Hall–Kier alpha value is -2.68. The zero-order chi connectivity index (χ0) is 16.2. The van der Waals surface area contributed by atoms with Crippen LogP contribution in [-0.4, -0.2) is 18.4 Å². The molecule has 0 saturated carbocycles. The Morgan fingerprint density at radius 2 is 1.61 bits per heavy atom. The van der Waals surface area contributed by atoms with Crippen molar-refractivity contribution in [1.82, 2.24) is 0 Å². The molecule has 2 atom stereocenters. The van der Waals surface area contributed by atoms with Gasteiger partial charge in [0.2, 0.25) is 0 Å². The maximum Gasteiger partial charge on any atom is 0.317 e. The van der Waals surface area contributed by atoms with E-state index in [1.54, 1.807) is 6.92 Å². The summed E-state index contributed by atoms with van der Waals surface area (Å²) in [5, 5.41) is 0. The van der Waals surface area contributed by atoms with Crippen molar-refractivity contribution in [2.75, 3.05) is 6.61 Å². The molecule has 1 aliphatic rings. The molecule has 0 radical (unpaired) electrons. The van der Waals surface area contributed by atoms with E-state index >= 15 is 0 Å². The fourth-order valence-corrected chi connectivity index (χ4v) is 2.99. The second-order valence-electron chi connectivity index (χ2n) is 5.48. The molecule has 0 amide bonds. The first-order valence-electron chi connectivity index (χ1n) is 7.75. The van der Waals surface area contributed by atoms with Crippen LogP contribution in [0, 0.1) is 5.92 Å². The van der Waals surface area contributed by atoms with Gasteiger partial charge in [0.15, 0.2) is 5.78 Å². The van der Waals surface area contributed by atoms with E-state index in [-0.39, 0.29) is 18.3 Å². The Balaban J connectivity index is 2.03. The summed E-state index contributed by atoms with van der Waals surface area (Å²) in [6.07, 6.45) is 1.90. The molecule has 3 nitrogen and oxygen atoms in total. The second-order valence-corrected chi connectivity index (χ2v) is 5.48. The summed E-state index contributed by atoms with van der Waals surface area (Å²) in [4.78, 5) is 25.2. The molecule has 2 aromatic carbocycles. The molecule has 0 N–H and O–H groups in total. The van der Waals surface area contributed by atoms with Crippen molar-refractivity contribution in [2.24, 2.45) is 5.92 Å². The van der Waals surface area contributed by atoms with Crippen LogP contribution in [-0.2, 0) is 14.3 Å². The van der Waals surface area contributed by atoms with Gasteiger partial charge < -0.3 is 4.74 Å². The highest BCUT2D eigenvalue weighted by atomic mass is 16.5. The van der Waals surface area contributed by atoms with E-state index in [2.05, 4.69) is 0 Å². The van der Waals surface area contributed by atoms with Crippen LogP contribution in [0.4, 0.5) is 0 Å². The summed E-state index contributed by atoms with van der Waals surface area (Å²) in [6, 6.07) is 19.1. The quantitative estimate of drug-likeness (QED) is 0.640. The molecular weight excluding hydrogens is 288 g/mol. The van der Waals surface area contributed by atoms with Crippen LogP contribution in [0.1, 0.15) is 24.0 Å². The van der Waals surface area contributed by atoms with Crippen molar-refractivity contribution >= 4 is 17.3 Å². The van der Waals surface area contributed by atoms with Crippen LogP contribution in [0.5, 0.6) is 0 Å². The average Bonchev–Trinajstić information content (AvgIpc) is 2.94. The molecule has 3 heteroatoms. The zero-order valence-electron chi connectivity index (χ0n) is 12.9. The first kappa shape index (κ1) is 15.2. The highest BCUT2D eigenvalue weighted by molar-refractivity contribution is 6.29. The number of benzene rings is 2. The SMILES string of the molecule is CCOC(=O)C1C(=O)C(c2ccccc2)=CC1c1ccccc1. The monoisotopic (exact) mass is 306 g/mol. The minimum Gasteiger partial charge on any atom is -0.465 e. The lowest BCUT2D eigenvalue weighted by Gasteiger charge is -2.17. The first-order chi connectivity index (χ1) is 11.2. The molecule has 0 aromatic heterocycles. The predicted molar refractivity (Wildman–Crippen MR) is 88.7 cm³/mol. The molecule has 116 valence electrons. The fourth-order valence-electron chi connectivity index (χ4n) is 2.99. The molecule has 2 unspecified atom stereocenters. The van der Waals surface area contributed by atoms with Gasteiger partial charge in [0.1, 0.15) is 5.92 Å². The van der Waals surface area contributed by atoms with Gasteiger partial charge in [0.25, 0.3) is 0 Å². The van der Waals surface area contributed by atoms with Crippen molar-refractivity contribution < 1.29 is 14.3 Å². The molecule has 0 saturated heterocycles. The number of carbonyl (C=O) groups is 2. The normalized spacial score (nSPS) is 20.2. The van der Waals surface area contributed by atoms with Gasteiger partial charge in [-0.1, -0.05) is 66.7 Å². The first-order valence-corrected chi connectivity index (χ1v) is 7.75. The van der Waals surface area contributed by atoms with Crippen molar-refractivity contribution in [1.29, 1.82) is 0 Å². The lowest BCUT2D eigenvalue weighted by Crippen LogP contribution is -2.27. The van der Waals surface area contributed by atoms with E-state index in [1.807, 2.05) is 66.7 Å². The Morgan fingerprint density at radius 3 is 2.22 bits per heavy atom. The molecule has 23 heavy (non-hydrogen) atoms. The maximum atomic E-state index is 12.8. The standard InChI is InChI=1S/C20H18O3/c1-2-23-20(22)18-16(14-9-5-3-6-10-14)13-17(19(18)21)15-11-7-4-8-12-15/h3-13,16,18H,2H2,1H3. The molecule has 3 rings (SSSR count). The fraction of sp³-hybridized carbons (Fsp3) is 0.200. The highest BCUT2D eigenvalue weighted by Crippen LogP contribution is 2.40. The van der Waals surface area contributed by atoms with Crippen LogP contribution >= 0.6 is 0 Å². The summed E-state index contributed by atoms with van der Waals surface area (Å²) < 4.78 is 5.14. The topological polar surface area (TPSA) is 43.4 Å². The van der Waals surface area contributed by atoms with Crippen LogP contribution in [0.15, 0.2) is 66.7 Å². The third-order valence-electron chi connectivity index (χ3n) is 4.06. The summed E-state index contributed by atoms with van der Waals surface area (Å²) in [5.41, 5.74) is 2.38. The number of carbonyl (C=O) groups excluding carboxylic acids is 2.